The SMILES string of the molecule is Cn1cnnc1SCCC(C)(N)CO. The summed E-state index contributed by atoms with van der Waals surface area (Å²) in [6.07, 6.45) is 2.41. The first-order chi connectivity index (χ1) is 6.55. The molecule has 80 valence electrons. The topological polar surface area (TPSA) is 77.0 Å². The van der Waals surface area contributed by atoms with Gasteiger partial charge in [0.1, 0.15) is 6.33 Å². The van der Waals surface area contributed by atoms with Crippen molar-refractivity contribution in [3.63, 3.8) is 0 Å². The third kappa shape index (κ3) is 3.28. The first kappa shape index (κ1) is 11.5. The lowest BCUT2D eigenvalue weighted by Gasteiger charge is -2.20. The van der Waals surface area contributed by atoms with E-state index in [9.17, 15) is 0 Å². The molecule has 0 aliphatic carbocycles. The molecule has 0 bridgehead atoms. The van der Waals surface area contributed by atoms with Crippen molar-refractivity contribution in [3.05, 3.63) is 6.33 Å². The molecule has 0 aliphatic heterocycles. The fraction of sp³-hybridized carbons (Fsp3) is 0.750. The molecule has 1 rings (SSSR count). The number of hydrogen-bond donors (Lipinski definition) is 2. The van der Waals surface area contributed by atoms with Crippen LogP contribution in [0.2, 0.25) is 0 Å². The molecular weight excluding hydrogens is 200 g/mol. The first-order valence-electron chi connectivity index (χ1n) is 4.42. The highest BCUT2D eigenvalue weighted by Gasteiger charge is 2.16. The van der Waals surface area contributed by atoms with Gasteiger partial charge in [-0.3, -0.25) is 0 Å². The van der Waals surface area contributed by atoms with Gasteiger partial charge in [-0.1, -0.05) is 11.8 Å². The fourth-order valence-corrected chi connectivity index (χ4v) is 1.96. The standard InChI is InChI=1S/C8H16N4OS/c1-8(9,5-13)3-4-14-7-11-10-6-12(7)2/h6,13H,3-5,9H2,1-2H3. The van der Waals surface area contributed by atoms with Gasteiger partial charge in [0.25, 0.3) is 0 Å². The molecule has 0 radical (unpaired) electrons. The minimum absolute atomic E-state index is 0.00632. The van der Waals surface area contributed by atoms with Crippen LogP contribution in [0, 0.1) is 0 Å². The van der Waals surface area contributed by atoms with Crippen molar-refractivity contribution in [2.45, 2.75) is 24.0 Å². The van der Waals surface area contributed by atoms with Gasteiger partial charge in [-0.15, -0.1) is 10.2 Å². The maximum absolute atomic E-state index is 8.94. The second kappa shape index (κ2) is 4.77. The molecule has 1 aromatic heterocycles. The van der Waals surface area contributed by atoms with Gasteiger partial charge in [-0.2, -0.15) is 0 Å². The third-order valence-electron chi connectivity index (χ3n) is 1.94. The van der Waals surface area contributed by atoms with E-state index in [1.54, 1.807) is 18.1 Å². The lowest BCUT2D eigenvalue weighted by Crippen LogP contribution is -2.40. The predicted octanol–water partition coefficient (Wildman–Crippen LogP) is 0.00700. The molecule has 1 aromatic rings. The fourth-order valence-electron chi connectivity index (χ4n) is 0.858. The normalized spacial score (nSPS) is 15.4. The average Bonchev–Trinajstić information content (AvgIpc) is 2.52. The van der Waals surface area contributed by atoms with Crippen molar-refractivity contribution < 1.29 is 5.11 Å². The van der Waals surface area contributed by atoms with E-state index in [0.29, 0.717) is 0 Å². The zero-order valence-electron chi connectivity index (χ0n) is 8.47. The Morgan fingerprint density at radius 1 is 1.71 bits per heavy atom. The molecule has 0 amide bonds. The van der Waals surface area contributed by atoms with Crippen LogP contribution in [0.15, 0.2) is 11.5 Å². The summed E-state index contributed by atoms with van der Waals surface area (Å²) in [5, 5.41) is 17.5. The van der Waals surface area contributed by atoms with Gasteiger partial charge < -0.3 is 15.4 Å². The van der Waals surface area contributed by atoms with Gasteiger partial charge in [0, 0.05) is 18.3 Å². The molecule has 0 saturated carbocycles. The minimum Gasteiger partial charge on any atom is -0.394 e. The van der Waals surface area contributed by atoms with E-state index in [1.165, 1.54) is 0 Å². The number of aromatic nitrogens is 3. The molecule has 0 saturated heterocycles. The molecule has 1 heterocycles. The van der Waals surface area contributed by atoms with Gasteiger partial charge in [0.15, 0.2) is 5.16 Å². The van der Waals surface area contributed by atoms with Gasteiger partial charge in [-0.05, 0) is 13.3 Å². The highest BCUT2D eigenvalue weighted by molar-refractivity contribution is 7.99. The lowest BCUT2D eigenvalue weighted by atomic mass is 10.0. The molecule has 3 N–H and O–H groups in total. The Kier molecular flexibility index (Phi) is 3.91. The zero-order valence-corrected chi connectivity index (χ0v) is 9.29. The molecule has 0 spiro atoms. The Labute approximate surface area is 87.7 Å². The van der Waals surface area contributed by atoms with E-state index in [1.807, 2.05) is 18.5 Å². The van der Waals surface area contributed by atoms with Crippen LogP contribution >= 0.6 is 11.8 Å². The van der Waals surface area contributed by atoms with Crippen molar-refractivity contribution in [1.29, 1.82) is 0 Å². The monoisotopic (exact) mass is 216 g/mol. The van der Waals surface area contributed by atoms with Gasteiger partial charge >= 0.3 is 0 Å². The van der Waals surface area contributed by atoms with E-state index in [0.717, 1.165) is 17.3 Å². The van der Waals surface area contributed by atoms with Crippen LogP contribution in [-0.4, -0.2) is 37.8 Å². The Balaban J connectivity index is 2.32. The molecule has 6 heteroatoms. The van der Waals surface area contributed by atoms with Gasteiger partial charge in [0.2, 0.25) is 0 Å². The van der Waals surface area contributed by atoms with Crippen molar-refractivity contribution in [1.82, 2.24) is 14.8 Å². The number of nitrogens with two attached hydrogens (primary N) is 1. The third-order valence-corrected chi connectivity index (χ3v) is 2.97. The van der Waals surface area contributed by atoms with Crippen LogP contribution in [0.4, 0.5) is 0 Å². The Morgan fingerprint density at radius 2 is 2.43 bits per heavy atom. The molecule has 0 aliphatic rings. The number of rotatable bonds is 5. The van der Waals surface area contributed by atoms with E-state index in [2.05, 4.69) is 10.2 Å². The first-order valence-corrected chi connectivity index (χ1v) is 5.40. The van der Waals surface area contributed by atoms with E-state index >= 15 is 0 Å². The van der Waals surface area contributed by atoms with E-state index < -0.39 is 5.54 Å². The largest absolute Gasteiger partial charge is 0.394 e. The highest BCUT2D eigenvalue weighted by atomic mass is 32.2. The Hall–Kier alpha value is -0.590. The van der Waals surface area contributed by atoms with Crippen molar-refractivity contribution in [3.8, 4) is 0 Å². The summed E-state index contributed by atoms with van der Waals surface area (Å²) in [6, 6.07) is 0. The van der Waals surface area contributed by atoms with Crippen molar-refractivity contribution in [2.75, 3.05) is 12.4 Å². The summed E-state index contributed by atoms with van der Waals surface area (Å²) < 4.78 is 1.86. The molecule has 0 aromatic carbocycles. The number of aliphatic hydroxyl groups excluding tert-OH is 1. The molecule has 1 unspecified atom stereocenters. The molecule has 5 nitrogen and oxygen atoms in total. The maximum Gasteiger partial charge on any atom is 0.190 e. The summed E-state index contributed by atoms with van der Waals surface area (Å²) in [6.45, 7) is 1.84. The zero-order chi connectivity index (χ0) is 10.6. The number of nitrogens with zero attached hydrogens (tertiary/aromatic N) is 3. The van der Waals surface area contributed by atoms with Crippen LogP contribution in [0.1, 0.15) is 13.3 Å². The number of thioether (sulfide) groups is 1. The Morgan fingerprint density at radius 3 is 2.93 bits per heavy atom. The van der Waals surface area contributed by atoms with Crippen LogP contribution in [-0.2, 0) is 7.05 Å². The number of aliphatic hydroxyl groups is 1. The van der Waals surface area contributed by atoms with E-state index in [-0.39, 0.29) is 6.61 Å². The molecule has 0 fully saturated rings. The number of aryl methyl sites for hydroxylation is 1. The van der Waals surface area contributed by atoms with Crippen LogP contribution in [0.5, 0.6) is 0 Å². The van der Waals surface area contributed by atoms with Crippen molar-refractivity contribution in [2.24, 2.45) is 12.8 Å². The molecular formula is C8H16N4OS. The molecule has 1 atom stereocenters. The van der Waals surface area contributed by atoms with Crippen molar-refractivity contribution >= 4 is 11.8 Å². The average molecular weight is 216 g/mol. The van der Waals surface area contributed by atoms with Gasteiger partial charge in [0.05, 0.1) is 6.61 Å². The van der Waals surface area contributed by atoms with Gasteiger partial charge in [-0.25, -0.2) is 0 Å². The smallest absolute Gasteiger partial charge is 0.190 e. The quantitative estimate of drug-likeness (QED) is 0.678. The lowest BCUT2D eigenvalue weighted by molar-refractivity contribution is 0.206. The highest BCUT2D eigenvalue weighted by Crippen LogP contribution is 2.17. The Bertz CT molecular complexity index is 287. The second-order valence-electron chi connectivity index (χ2n) is 3.64. The second-order valence-corrected chi connectivity index (χ2v) is 4.70. The summed E-state index contributed by atoms with van der Waals surface area (Å²) >= 11 is 1.59. The minimum atomic E-state index is -0.494. The summed E-state index contributed by atoms with van der Waals surface area (Å²) in [4.78, 5) is 0. The summed E-state index contributed by atoms with van der Waals surface area (Å²) in [5.74, 6) is 0.833. The maximum atomic E-state index is 8.94. The van der Waals surface area contributed by atoms with E-state index in [4.69, 9.17) is 10.8 Å². The van der Waals surface area contributed by atoms with Crippen LogP contribution < -0.4 is 5.73 Å². The summed E-state index contributed by atoms with van der Waals surface area (Å²) in [5.41, 5.74) is 5.29. The predicted molar refractivity (Wildman–Crippen MR) is 56.0 cm³/mol. The van der Waals surface area contributed by atoms with Crippen LogP contribution in [0.25, 0.3) is 0 Å². The number of hydrogen-bond acceptors (Lipinski definition) is 5. The summed E-state index contributed by atoms with van der Waals surface area (Å²) in [7, 11) is 1.90. The van der Waals surface area contributed by atoms with Crippen LogP contribution in [0.3, 0.4) is 0 Å². The molecule has 14 heavy (non-hydrogen) atoms.